The van der Waals surface area contributed by atoms with Crippen LogP contribution >= 0.6 is 11.6 Å². The lowest BCUT2D eigenvalue weighted by atomic mass is 9.92. The van der Waals surface area contributed by atoms with Crippen molar-refractivity contribution < 1.29 is 27.5 Å². The molecule has 0 radical (unpaired) electrons. The number of imidazole rings is 1. The van der Waals surface area contributed by atoms with Crippen LogP contribution in [-0.2, 0) is 16.6 Å². The number of alkyl halides is 4. The minimum Gasteiger partial charge on any atom is -0.340 e. The molecule has 1 aromatic heterocycles. The van der Waals surface area contributed by atoms with Crippen LogP contribution in [0.4, 0.5) is 13.2 Å². The van der Waals surface area contributed by atoms with Crippen molar-refractivity contribution in [2.75, 3.05) is 6.54 Å². The van der Waals surface area contributed by atoms with Crippen LogP contribution in [0.25, 0.3) is 5.57 Å². The monoisotopic (exact) mass is 508 g/mol. The second kappa shape index (κ2) is 9.87. The molecule has 2 heterocycles. The van der Waals surface area contributed by atoms with Gasteiger partial charge in [0.15, 0.2) is 5.06 Å². The second-order valence-corrected chi connectivity index (χ2v) is 9.13. The van der Waals surface area contributed by atoms with E-state index in [9.17, 15) is 22.8 Å². The Hall–Kier alpha value is -3.11. The maximum absolute atomic E-state index is 13.3. The highest BCUT2D eigenvalue weighted by Gasteiger charge is 2.47. The van der Waals surface area contributed by atoms with Gasteiger partial charge in [0.25, 0.3) is 5.91 Å². The van der Waals surface area contributed by atoms with E-state index in [4.69, 9.17) is 11.6 Å². The van der Waals surface area contributed by atoms with Crippen molar-refractivity contribution in [3.8, 4) is 0 Å². The lowest BCUT2D eigenvalue weighted by Crippen LogP contribution is -2.52. The van der Waals surface area contributed by atoms with E-state index in [-0.39, 0.29) is 22.9 Å². The van der Waals surface area contributed by atoms with Gasteiger partial charge in [-0.15, -0.1) is 13.2 Å². The number of aryl methyl sites for hydroxylation is 1. The smallest absolute Gasteiger partial charge is 0.340 e. The zero-order chi connectivity index (χ0) is 25.2. The molecule has 4 rings (SSSR count). The van der Waals surface area contributed by atoms with Crippen molar-refractivity contribution in [1.29, 1.82) is 0 Å². The second-order valence-electron chi connectivity index (χ2n) is 8.52. The van der Waals surface area contributed by atoms with Gasteiger partial charge in [0.1, 0.15) is 11.7 Å². The number of carbonyl (C=O) groups is 2. The molecule has 1 aliphatic heterocycles. The molecule has 1 aliphatic carbocycles. The fourth-order valence-corrected chi connectivity index (χ4v) is 4.76. The Bertz CT molecular complexity index is 1160. The van der Waals surface area contributed by atoms with E-state index < -0.39 is 29.8 Å². The van der Waals surface area contributed by atoms with Crippen molar-refractivity contribution in [2.24, 2.45) is 7.05 Å². The number of piperidine rings is 1. The zero-order valence-corrected chi connectivity index (χ0v) is 19.6. The summed E-state index contributed by atoms with van der Waals surface area (Å²) >= 11 is 6.41. The molecule has 1 N–H and O–H groups in total. The first kappa shape index (κ1) is 25.0. The predicted molar refractivity (Wildman–Crippen MR) is 123 cm³/mol. The quantitative estimate of drug-likeness (QED) is 0.608. The number of nitrogens with one attached hydrogen (secondary N) is 1. The largest absolute Gasteiger partial charge is 0.524 e. The summed E-state index contributed by atoms with van der Waals surface area (Å²) in [6.45, 7) is 0.376. The highest BCUT2D eigenvalue weighted by molar-refractivity contribution is 6.29. The summed E-state index contributed by atoms with van der Waals surface area (Å²) < 4.78 is 45.8. The molecule has 1 aromatic carbocycles. The Morgan fingerprint density at radius 2 is 1.94 bits per heavy atom. The molecule has 2 atom stereocenters. The van der Waals surface area contributed by atoms with E-state index in [0.29, 0.717) is 18.5 Å². The molecule has 2 amide bonds. The molecule has 2 aromatic rings. The number of carbonyl (C=O) groups excluding carboxylic acids is 2. The van der Waals surface area contributed by atoms with Gasteiger partial charge >= 0.3 is 6.36 Å². The van der Waals surface area contributed by atoms with Crippen LogP contribution in [0.1, 0.15) is 41.7 Å². The molecule has 1 saturated heterocycles. The van der Waals surface area contributed by atoms with E-state index >= 15 is 0 Å². The highest BCUT2D eigenvalue weighted by Crippen LogP contribution is 2.45. The van der Waals surface area contributed by atoms with Crippen LogP contribution in [0.5, 0.6) is 0 Å². The summed E-state index contributed by atoms with van der Waals surface area (Å²) in [6.07, 6.45) is 2.44. The van der Waals surface area contributed by atoms with Gasteiger partial charge < -0.3 is 14.8 Å². The van der Waals surface area contributed by atoms with E-state index in [2.05, 4.69) is 15.0 Å². The normalized spacial score (nSPS) is 22.9. The van der Waals surface area contributed by atoms with Gasteiger partial charge in [-0.2, -0.15) is 0 Å². The average Bonchev–Trinajstić information content (AvgIpc) is 3.24. The Morgan fingerprint density at radius 1 is 1.20 bits per heavy atom. The van der Waals surface area contributed by atoms with E-state index in [1.165, 1.54) is 23.4 Å². The average molecular weight is 509 g/mol. The molecule has 2 aliphatic rings. The first-order valence-corrected chi connectivity index (χ1v) is 11.5. The van der Waals surface area contributed by atoms with Gasteiger partial charge in [0.2, 0.25) is 5.91 Å². The first-order chi connectivity index (χ1) is 16.6. The van der Waals surface area contributed by atoms with Crippen LogP contribution in [0.2, 0.25) is 0 Å². The topological polar surface area (TPSA) is 76.5 Å². The Kier molecular flexibility index (Phi) is 7.05. The number of halogens is 4. The molecule has 0 bridgehead atoms. The van der Waals surface area contributed by atoms with E-state index in [1.807, 2.05) is 0 Å². The molecule has 11 heteroatoms. The number of aromatic nitrogens is 2. The van der Waals surface area contributed by atoms with Gasteiger partial charge in [-0.05, 0) is 30.9 Å². The third-order valence-corrected chi connectivity index (χ3v) is 6.32. The maximum Gasteiger partial charge on any atom is 0.524 e. The van der Waals surface area contributed by atoms with Crippen molar-refractivity contribution in [2.45, 2.75) is 43.1 Å². The van der Waals surface area contributed by atoms with Crippen molar-refractivity contribution in [3.05, 3.63) is 72.0 Å². The fourth-order valence-electron chi connectivity index (χ4n) is 4.36. The van der Waals surface area contributed by atoms with Crippen LogP contribution in [0.15, 0.2) is 60.7 Å². The van der Waals surface area contributed by atoms with Crippen LogP contribution in [-0.4, -0.2) is 50.3 Å². The molecule has 1 fully saturated rings. The SMILES string of the molecule is Cn1cnc(C(=O)N2CCCCC2C(=O)NC2=CC=C(c3ccccc3)C(Cl)(OC(F)(F)F)C2)c1. The number of benzene rings is 1. The summed E-state index contributed by atoms with van der Waals surface area (Å²) in [4.78, 5) is 31.7. The number of hydrogen-bond acceptors (Lipinski definition) is 4. The standard InChI is InChI=1S/C24H24ClF3N4O3/c1-31-14-19(29-15-31)22(34)32-12-6-5-9-20(32)21(33)30-17-10-11-18(16-7-3-2-4-8-16)23(25,13-17)35-24(26,27)28/h2-4,7-8,10-11,14-15,20H,5-6,9,12-13H2,1H3,(H,30,33). The van der Waals surface area contributed by atoms with Gasteiger partial charge in [-0.25, -0.2) is 4.98 Å². The summed E-state index contributed by atoms with van der Waals surface area (Å²) in [5.74, 6) is -0.871. The predicted octanol–water partition coefficient (Wildman–Crippen LogP) is 4.37. The van der Waals surface area contributed by atoms with Crippen LogP contribution < -0.4 is 5.32 Å². The molecular formula is C24H24ClF3N4O3. The maximum atomic E-state index is 13.3. The van der Waals surface area contributed by atoms with Crippen LogP contribution in [0.3, 0.4) is 0 Å². The summed E-state index contributed by atoms with van der Waals surface area (Å²) in [5, 5.41) is 0.399. The highest BCUT2D eigenvalue weighted by atomic mass is 35.5. The third kappa shape index (κ3) is 5.76. The lowest BCUT2D eigenvalue weighted by Gasteiger charge is -2.36. The van der Waals surface area contributed by atoms with Crippen molar-refractivity contribution >= 4 is 29.0 Å². The number of hydrogen-bond donors (Lipinski definition) is 1. The van der Waals surface area contributed by atoms with Crippen molar-refractivity contribution in [3.63, 3.8) is 0 Å². The van der Waals surface area contributed by atoms with Crippen molar-refractivity contribution in [1.82, 2.24) is 19.8 Å². The van der Waals surface area contributed by atoms with Gasteiger partial charge in [-0.3, -0.25) is 14.3 Å². The first-order valence-electron chi connectivity index (χ1n) is 11.1. The molecule has 186 valence electrons. The number of ether oxygens (including phenoxy) is 1. The summed E-state index contributed by atoms with van der Waals surface area (Å²) in [5.41, 5.74) is 0.968. The number of amides is 2. The molecular weight excluding hydrogens is 485 g/mol. The Labute approximate surface area is 205 Å². The van der Waals surface area contributed by atoms with E-state index in [1.54, 1.807) is 48.1 Å². The third-order valence-electron chi connectivity index (χ3n) is 5.91. The molecule has 0 spiro atoms. The lowest BCUT2D eigenvalue weighted by molar-refractivity contribution is -0.342. The fraction of sp³-hybridized carbons (Fsp3) is 0.375. The minimum atomic E-state index is -5.00. The van der Waals surface area contributed by atoms with Gasteiger partial charge in [0, 0.05) is 37.5 Å². The molecule has 7 nitrogen and oxygen atoms in total. The summed E-state index contributed by atoms with van der Waals surface area (Å²) in [7, 11) is 1.73. The molecule has 0 saturated carbocycles. The number of allylic oxidation sites excluding steroid dienone is 2. The number of likely N-dealkylation sites (tertiary alicyclic amines) is 1. The number of nitrogens with zero attached hydrogens (tertiary/aromatic N) is 3. The Morgan fingerprint density at radius 3 is 2.60 bits per heavy atom. The summed E-state index contributed by atoms with van der Waals surface area (Å²) in [6, 6.07) is 7.56. The van der Waals surface area contributed by atoms with Crippen LogP contribution in [0, 0.1) is 0 Å². The van der Waals surface area contributed by atoms with E-state index in [0.717, 1.165) is 12.8 Å². The number of rotatable bonds is 5. The molecule has 35 heavy (non-hydrogen) atoms. The minimum absolute atomic E-state index is 0.125. The Balaban J connectivity index is 1.56. The molecule has 2 unspecified atom stereocenters. The van der Waals surface area contributed by atoms with Gasteiger partial charge in [-0.1, -0.05) is 48.0 Å². The van der Waals surface area contributed by atoms with Gasteiger partial charge in [0.05, 0.1) is 6.33 Å². The zero-order valence-electron chi connectivity index (χ0n) is 18.9.